The van der Waals surface area contributed by atoms with E-state index in [1.165, 1.54) is 0 Å². The minimum absolute atomic E-state index is 0. The molecular formula is C16H29Cl3N6O. The zero-order valence-corrected chi connectivity index (χ0v) is 17.3. The van der Waals surface area contributed by atoms with Crippen LogP contribution in [0, 0.1) is 5.92 Å². The van der Waals surface area contributed by atoms with Crippen LogP contribution in [0.5, 0.6) is 0 Å². The van der Waals surface area contributed by atoms with Gasteiger partial charge in [-0.25, -0.2) is 9.97 Å². The summed E-state index contributed by atoms with van der Waals surface area (Å²) in [6.45, 7) is 7.58. The minimum atomic E-state index is 0. The predicted octanol–water partition coefficient (Wildman–Crippen LogP) is 0.980. The Hall–Kier alpha value is -0.860. The van der Waals surface area contributed by atoms with Gasteiger partial charge in [-0.05, 0) is 32.0 Å². The molecule has 26 heavy (non-hydrogen) atoms. The summed E-state index contributed by atoms with van der Waals surface area (Å²) >= 11 is 0. The van der Waals surface area contributed by atoms with Gasteiger partial charge < -0.3 is 15.5 Å². The molecule has 150 valence electrons. The molecule has 1 aromatic rings. The lowest BCUT2D eigenvalue weighted by Gasteiger charge is -2.34. The molecule has 0 bridgehead atoms. The van der Waals surface area contributed by atoms with Crippen LogP contribution in [-0.2, 0) is 4.79 Å². The summed E-state index contributed by atoms with van der Waals surface area (Å²) in [7, 11) is 0. The molecule has 7 nitrogen and oxygen atoms in total. The van der Waals surface area contributed by atoms with Crippen LogP contribution in [0.15, 0.2) is 18.5 Å². The van der Waals surface area contributed by atoms with Crippen LogP contribution in [0.3, 0.4) is 0 Å². The Morgan fingerprint density at radius 3 is 2.46 bits per heavy atom. The van der Waals surface area contributed by atoms with Gasteiger partial charge in [0, 0.05) is 51.7 Å². The fraction of sp³-hybridized carbons (Fsp3) is 0.688. The van der Waals surface area contributed by atoms with Gasteiger partial charge in [0.15, 0.2) is 0 Å². The molecule has 2 N–H and O–H groups in total. The normalized spacial score (nSPS) is 19.7. The molecule has 0 aliphatic carbocycles. The first-order valence-electron chi connectivity index (χ1n) is 8.55. The first-order valence-corrected chi connectivity index (χ1v) is 8.55. The highest BCUT2D eigenvalue weighted by atomic mass is 35.5. The van der Waals surface area contributed by atoms with Crippen molar-refractivity contribution in [3.8, 4) is 0 Å². The monoisotopic (exact) mass is 426 g/mol. The van der Waals surface area contributed by atoms with Crippen LogP contribution >= 0.6 is 37.2 Å². The molecule has 2 aliphatic rings. The van der Waals surface area contributed by atoms with Gasteiger partial charge in [0.05, 0.1) is 5.92 Å². The van der Waals surface area contributed by atoms with Crippen LogP contribution < -0.4 is 15.5 Å². The van der Waals surface area contributed by atoms with E-state index in [1.54, 1.807) is 12.4 Å². The van der Waals surface area contributed by atoms with Crippen molar-refractivity contribution >= 4 is 49.1 Å². The van der Waals surface area contributed by atoms with Gasteiger partial charge in [-0.15, -0.1) is 37.2 Å². The molecule has 10 heteroatoms. The Balaban J connectivity index is 0.00000208. The largest absolute Gasteiger partial charge is 0.356 e. The molecule has 0 saturated carbocycles. The van der Waals surface area contributed by atoms with Crippen molar-refractivity contribution in [3.05, 3.63) is 18.5 Å². The number of hydrogen-bond donors (Lipinski definition) is 2. The van der Waals surface area contributed by atoms with E-state index in [0.717, 1.165) is 71.1 Å². The fourth-order valence-electron chi connectivity index (χ4n) is 3.16. The van der Waals surface area contributed by atoms with Crippen LogP contribution in [0.1, 0.15) is 12.8 Å². The first-order chi connectivity index (χ1) is 11.3. The Morgan fingerprint density at radius 2 is 1.85 bits per heavy atom. The maximum atomic E-state index is 11.9. The Morgan fingerprint density at radius 1 is 1.15 bits per heavy atom. The molecular weight excluding hydrogens is 399 g/mol. The van der Waals surface area contributed by atoms with E-state index in [1.807, 2.05) is 6.07 Å². The Kier molecular flexibility index (Phi) is 12.9. The zero-order valence-electron chi connectivity index (χ0n) is 14.8. The van der Waals surface area contributed by atoms with Crippen molar-refractivity contribution in [3.63, 3.8) is 0 Å². The Bertz CT molecular complexity index is 496. The SMILES string of the molecule is Cl.Cl.Cl.O=C(NCCCN1CCN(c2ncccn2)CC1)C1CCNC1. The topological polar surface area (TPSA) is 73.4 Å². The molecule has 0 aromatic carbocycles. The van der Waals surface area contributed by atoms with Crippen molar-refractivity contribution in [2.75, 3.05) is 57.3 Å². The summed E-state index contributed by atoms with van der Waals surface area (Å²) in [5.74, 6) is 1.20. The smallest absolute Gasteiger partial charge is 0.225 e. The van der Waals surface area contributed by atoms with Crippen molar-refractivity contribution in [1.29, 1.82) is 0 Å². The van der Waals surface area contributed by atoms with Crippen molar-refractivity contribution in [2.45, 2.75) is 12.8 Å². The molecule has 1 amide bonds. The molecule has 1 aromatic heterocycles. The molecule has 0 spiro atoms. The number of aromatic nitrogens is 2. The second-order valence-electron chi connectivity index (χ2n) is 6.21. The highest BCUT2D eigenvalue weighted by Gasteiger charge is 2.22. The minimum Gasteiger partial charge on any atom is -0.356 e. The molecule has 3 heterocycles. The number of halogens is 3. The lowest BCUT2D eigenvalue weighted by atomic mass is 10.1. The summed E-state index contributed by atoms with van der Waals surface area (Å²) in [5.41, 5.74) is 0. The quantitative estimate of drug-likeness (QED) is 0.659. The zero-order chi connectivity index (χ0) is 15.9. The number of nitrogens with one attached hydrogen (secondary N) is 2. The van der Waals surface area contributed by atoms with E-state index in [4.69, 9.17) is 0 Å². The van der Waals surface area contributed by atoms with E-state index < -0.39 is 0 Å². The maximum Gasteiger partial charge on any atom is 0.225 e. The third-order valence-corrected chi connectivity index (χ3v) is 4.59. The van der Waals surface area contributed by atoms with E-state index in [0.29, 0.717) is 0 Å². The van der Waals surface area contributed by atoms with Crippen LogP contribution in [0.2, 0.25) is 0 Å². The Labute approximate surface area is 173 Å². The predicted molar refractivity (Wildman–Crippen MR) is 111 cm³/mol. The molecule has 2 saturated heterocycles. The summed E-state index contributed by atoms with van der Waals surface area (Å²) in [6, 6.07) is 1.84. The number of anilines is 1. The molecule has 1 unspecified atom stereocenters. The third-order valence-electron chi connectivity index (χ3n) is 4.59. The van der Waals surface area contributed by atoms with E-state index in [2.05, 4.69) is 30.4 Å². The van der Waals surface area contributed by atoms with Crippen molar-refractivity contribution in [2.24, 2.45) is 5.92 Å². The van der Waals surface area contributed by atoms with Crippen LogP contribution in [0.25, 0.3) is 0 Å². The number of amides is 1. The first kappa shape index (κ1) is 25.1. The van der Waals surface area contributed by atoms with E-state index in [-0.39, 0.29) is 49.0 Å². The number of carbonyl (C=O) groups excluding carboxylic acids is 1. The highest BCUT2D eigenvalue weighted by Crippen LogP contribution is 2.10. The van der Waals surface area contributed by atoms with Gasteiger partial charge in [0.25, 0.3) is 0 Å². The average Bonchev–Trinajstić information content (AvgIpc) is 3.15. The summed E-state index contributed by atoms with van der Waals surface area (Å²) in [4.78, 5) is 25.2. The van der Waals surface area contributed by atoms with Crippen molar-refractivity contribution < 1.29 is 4.79 Å². The van der Waals surface area contributed by atoms with Crippen LogP contribution in [0.4, 0.5) is 5.95 Å². The average molecular weight is 428 g/mol. The number of carbonyl (C=O) groups is 1. The fourth-order valence-corrected chi connectivity index (χ4v) is 3.16. The van der Waals surface area contributed by atoms with Gasteiger partial charge in [-0.1, -0.05) is 0 Å². The van der Waals surface area contributed by atoms with Crippen LogP contribution in [-0.4, -0.2) is 73.1 Å². The number of piperazine rings is 1. The summed E-state index contributed by atoms with van der Waals surface area (Å²) in [6.07, 6.45) is 5.55. The van der Waals surface area contributed by atoms with Crippen molar-refractivity contribution in [1.82, 2.24) is 25.5 Å². The van der Waals surface area contributed by atoms with E-state index >= 15 is 0 Å². The summed E-state index contributed by atoms with van der Waals surface area (Å²) < 4.78 is 0. The molecule has 0 radical (unpaired) electrons. The van der Waals surface area contributed by atoms with Gasteiger partial charge >= 0.3 is 0 Å². The molecule has 3 rings (SSSR count). The van der Waals surface area contributed by atoms with E-state index in [9.17, 15) is 4.79 Å². The van der Waals surface area contributed by atoms with Gasteiger partial charge in [0.1, 0.15) is 0 Å². The number of hydrogen-bond acceptors (Lipinski definition) is 6. The standard InChI is InChI=1S/C16H26N6O.3ClH/c23-15(14-3-7-17-13-14)18-6-2-8-21-9-11-22(12-10-21)16-19-4-1-5-20-16;;;/h1,4-5,14,17H,2-3,6-13H2,(H,18,23);3*1H. The summed E-state index contributed by atoms with van der Waals surface area (Å²) in [5, 5.41) is 6.29. The maximum absolute atomic E-state index is 11.9. The molecule has 2 aliphatic heterocycles. The molecule has 1 atom stereocenters. The second-order valence-corrected chi connectivity index (χ2v) is 6.21. The van der Waals surface area contributed by atoms with Gasteiger partial charge in [0.2, 0.25) is 11.9 Å². The number of rotatable bonds is 6. The lowest BCUT2D eigenvalue weighted by molar-refractivity contribution is -0.124. The second kappa shape index (κ2) is 13.3. The van der Waals surface area contributed by atoms with Gasteiger partial charge in [-0.2, -0.15) is 0 Å². The lowest BCUT2D eigenvalue weighted by Crippen LogP contribution is -2.47. The van der Waals surface area contributed by atoms with Gasteiger partial charge in [-0.3, -0.25) is 9.69 Å². The molecule has 2 fully saturated rings. The highest BCUT2D eigenvalue weighted by molar-refractivity contribution is 5.86. The number of nitrogens with zero attached hydrogens (tertiary/aromatic N) is 4. The third kappa shape index (κ3) is 7.40.